The van der Waals surface area contributed by atoms with Crippen molar-refractivity contribution >= 4 is 22.6 Å². The molecule has 0 saturated carbocycles. The van der Waals surface area contributed by atoms with E-state index < -0.39 is 0 Å². The first kappa shape index (κ1) is 10.2. The molecule has 3 heterocycles. The summed E-state index contributed by atoms with van der Waals surface area (Å²) in [5.74, 6) is 0.0296. The second-order valence-corrected chi connectivity index (χ2v) is 4.59. The summed E-state index contributed by atoms with van der Waals surface area (Å²) in [6.07, 6.45) is 5.26. The van der Waals surface area contributed by atoms with E-state index in [1.165, 1.54) is 0 Å². The highest BCUT2D eigenvalue weighted by molar-refractivity contribution is 7.13. The third-order valence-corrected chi connectivity index (χ3v) is 3.40. The fourth-order valence-corrected chi connectivity index (χ4v) is 2.38. The number of rotatable bonds is 2. The molecule has 0 atom stereocenters. The quantitative estimate of drug-likeness (QED) is 0.650. The molecule has 0 unspecified atom stereocenters. The van der Waals surface area contributed by atoms with Crippen LogP contribution in [0.15, 0.2) is 36.1 Å². The Labute approximate surface area is 102 Å². The molecular weight excluding hydrogens is 234 g/mol. The van der Waals surface area contributed by atoms with E-state index in [-0.39, 0.29) is 5.78 Å². The van der Waals surface area contributed by atoms with Crippen molar-refractivity contribution in [3.05, 3.63) is 41.7 Å². The maximum Gasteiger partial charge on any atom is 0.163 e. The third kappa shape index (κ3) is 1.64. The van der Waals surface area contributed by atoms with Gasteiger partial charge < -0.3 is 0 Å². The molecular formula is C12H9N3OS. The average Bonchev–Trinajstić information content (AvgIpc) is 2.97. The van der Waals surface area contributed by atoms with Gasteiger partial charge in [-0.15, -0.1) is 11.3 Å². The van der Waals surface area contributed by atoms with Gasteiger partial charge in [0.25, 0.3) is 0 Å². The topological polar surface area (TPSA) is 47.3 Å². The number of nitrogens with zero attached hydrogens (tertiary/aromatic N) is 3. The van der Waals surface area contributed by atoms with Gasteiger partial charge in [-0.1, -0.05) is 0 Å². The second kappa shape index (κ2) is 3.78. The largest absolute Gasteiger partial charge is 0.294 e. The van der Waals surface area contributed by atoms with Gasteiger partial charge >= 0.3 is 0 Å². The van der Waals surface area contributed by atoms with Crippen LogP contribution in [0.4, 0.5) is 0 Å². The fourth-order valence-electron chi connectivity index (χ4n) is 1.75. The number of thiazole rings is 1. The van der Waals surface area contributed by atoms with E-state index in [0.29, 0.717) is 5.56 Å². The van der Waals surface area contributed by atoms with E-state index in [0.717, 1.165) is 16.1 Å². The highest BCUT2D eigenvalue weighted by atomic mass is 32.1. The van der Waals surface area contributed by atoms with Crippen molar-refractivity contribution < 1.29 is 4.79 Å². The fraction of sp³-hybridized carbons (Fsp3) is 0.0833. The molecule has 0 fully saturated rings. The van der Waals surface area contributed by atoms with E-state index in [2.05, 4.69) is 10.1 Å². The molecule has 0 aliphatic rings. The van der Waals surface area contributed by atoms with Gasteiger partial charge in [-0.25, -0.2) is 9.50 Å². The van der Waals surface area contributed by atoms with Crippen molar-refractivity contribution in [1.82, 2.24) is 14.6 Å². The molecule has 0 bridgehead atoms. The van der Waals surface area contributed by atoms with Crippen molar-refractivity contribution in [1.29, 1.82) is 0 Å². The number of hydrogen-bond donors (Lipinski definition) is 0. The number of aromatic nitrogens is 3. The second-order valence-electron chi connectivity index (χ2n) is 3.70. The van der Waals surface area contributed by atoms with Crippen LogP contribution in [0.3, 0.4) is 0 Å². The van der Waals surface area contributed by atoms with E-state index in [1.807, 2.05) is 23.7 Å². The first-order valence-electron chi connectivity index (χ1n) is 5.14. The first-order valence-corrected chi connectivity index (χ1v) is 6.02. The Bertz CT molecular complexity index is 685. The molecule has 17 heavy (non-hydrogen) atoms. The van der Waals surface area contributed by atoms with Crippen LogP contribution >= 0.6 is 11.3 Å². The van der Waals surface area contributed by atoms with Crippen LogP contribution in [0.25, 0.3) is 16.1 Å². The van der Waals surface area contributed by atoms with Crippen molar-refractivity contribution in [3.8, 4) is 10.6 Å². The lowest BCUT2D eigenvalue weighted by molar-refractivity contribution is 0.101. The van der Waals surface area contributed by atoms with Crippen LogP contribution in [0.5, 0.6) is 0 Å². The summed E-state index contributed by atoms with van der Waals surface area (Å²) in [6.45, 7) is 1.55. The number of carbonyl (C=O) groups is 1. The van der Waals surface area contributed by atoms with Gasteiger partial charge in [-0.05, 0) is 19.1 Å². The Morgan fingerprint density at radius 1 is 1.41 bits per heavy atom. The molecule has 0 radical (unpaired) electrons. The van der Waals surface area contributed by atoms with E-state index in [9.17, 15) is 4.79 Å². The zero-order valence-electron chi connectivity index (χ0n) is 9.12. The lowest BCUT2D eigenvalue weighted by Crippen LogP contribution is -1.92. The van der Waals surface area contributed by atoms with Crippen molar-refractivity contribution in [2.45, 2.75) is 6.92 Å². The summed E-state index contributed by atoms with van der Waals surface area (Å²) >= 11 is 1.58. The van der Waals surface area contributed by atoms with E-state index in [4.69, 9.17) is 0 Å². The normalized spacial score (nSPS) is 10.9. The summed E-state index contributed by atoms with van der Waals surface area (Å²) < 4.78 is 1.72. The lowest BCUT2D eigenvalue weighted by Gasteiger charge is -1.99. The molecule has 0 aliphatic carbocycles. The monoisotopic (exact) mass is 243 g/mol. The van der Waals surface area contributed by atoms with Crippen molar-refractivity contribution in [2.24, 2.45) is 0 Å². The van der Waals surface area contributed by atoms with Crippen LogP contribution in [0.1, 0.15) is 17.3 Å². The molecule has 0 N–H and O–H groups in total. The SMILES string of the molecule is CC(=O)c1cnn2cc(-c3nccs3)ccc12. The van der Waals surface area contributed by atoms with Crippen LogP contribution in [0.2, 0.25) is 0 Å². The van der Waals surface area contributed by atoms with Crippen LogP contribution in [0, 0.1) is 0 Å². The zero-order chi connectivity index (χ0) is 11.8. The van der Waals surface area contributed by atoms with Gasteiger partial charge in [0.1, 0.15) is 5.01 Å². The minimum Gasteiger partial charge on any atom is -0.294 e. The molecule has 0 saturated heterocycles. The summed E-state index contributed by atoms with van der Waals surface area (Å²) in [6, 6.07) is 3.86. The summed E-state index contributed by atoms with van der Waals surface area (Å²) in [4.78, 5) is 15.6. The molecule has 0 amide bonds. The zero-order valence-corrected chi connectivity index (χ0v) is 9.94. The molecule has 0 spiro atoms. The Morgan fingerprint density at radius 3 is 3.00 bits per heavy atom. The Morgan fingerprint density at radius 2 is 2.29 bits per heavy atom. The van der Waals surface area contributed by atoms with E-state index >= 15 is 0 Å². The molecule has 3 aromatic heterocycles. The van der Waals surface area contributed by atoms with Gasteiger partial charge in [0.05, 0.1) is 17.3 Å². The summed E-state index contributed by atoms with van der Waals surface area (Å²) in [5.41, 5.74) is 2.49. The smallest absolute Gasteiger partial charge is 0.163 e. The highest BCUT2D eigenvalue weighted by Gasteiger charge is 2.09. The number of Topliss-reactive ketones (excluding diaryl/α,β-unsaturated/α-hetero) is 1. The van der Waals surface area contributed by atoms with Crippen LogP contribution < -0.4 is 0 Å². The molecule has 0 aliphatic heterocycles. The number of hydrogen-bond acceptors (Lipinski definition) is 4. The van der Waals surface area contributed by atoms with Crippen LogP contribution in [-0.4, -0.2) is 20.4 Å². The number of pyridine rings is 1. The average molecular weight is 243 g/mol. The molecule has 0 aromatic carbocycles. The predicted octanol–water partition coefficient (Wildman–Crippen LogP) is 2.66. The standard InChI is InChI=1S/C12H9N3OS/c1-8(16)10-6-14-15-7-9(2-3-11(10)15)12-13-4-5-17-12/h2-7H,1H3. The van der Waals surface area contributed by atoms with Crippen LogP contribution in [-0.2, 0) is 0 Å². The van der Waals surface area contributed by atoms with Gasteiger partial charge in [0.15, 0.2) is 5.78 Å². The molecule has 5 heteroatoms. The molecule has 84 valence electrons. The molecule has 4 nitrogen and oxygen atoms in total. The lowest BCUT2D eigenvalue weighted by atomic mass is 10.2. The van der Waals surface area contributed by atoms with Gasteiger partial charge in [0.2, 0.25) is 0 Å². The van der Waals surface area contributed by atoms with E-state index in [1.54, 1.807) is 35.2 Å². The van der Waals surface area contributed by atoms with Crippen molar-refractivity contribution in [3.63, 3.8) is 0 Å². The maximum absolute atomic E-state index is 11.4. The minimum absolute atomic E-state index is 0.0296. The van der Waals surface area contributed by atoms with Gasteiger partial charge in [0, 0.05) is 23.3 Å². The minimum atomic E-state index is 0.0296. The molecule has 3 aromatic rings. The van der Waals surface area contributed by atoms with Gasteiger partial charge in [-0.2, -0.15) is 5.10 Å². The number of carbonyl (C=O) groups excluding carboxylic acids is 1. The first-order chi connectivity index (χ1) is 8.25. The molecule has 3 rings (SSSR count). The summed E-state index contributed by atoms with van der Waals surface area (Å²) in [7, 11) is 0. The maximum atomic E-state index is 11.4. The Hall–Kier alpha value is -2.01. The third-order valence-electron chi connectivity index (χ3n) is 2.57. The van der Waals surface area contributed by atoms with Crippen molar-refractivity contribution in [2.75, 3.05) is 0 Å². The Kier molecular flexibility index (Phi) is 2.26. The van der Waals surface area contributed by atoms with Gasteiger partial charge in [-0.3, -0.25) is 4.79 Å². The highest BCUT2D eigenvalue weighted by Crippen LogP contribution is 2.23. The Balaban J connectivity index is 2.18. The predicted molar refractivity (Wildman–Crippen MR) is 66.3 cm³/mol. The summed E-state index contributed by atoms with van der Waals surface area (Å²) in [5, 5.41) is 7.07. The number of fused-ring (bicyclic) bond motifs is 1. The number of ketones is 1.